The zero-order chi connectivity index (χ0) is 14.8. The molecule has 0 radical (unpaired) electrons. The molecular weight excluding hydrogens is 282 g/mol. The molecule has 5 heteroatoms. The van der Waals surface area contributed by atoms with E-state index in [0.717, 1.165) is 36.0 Å². The molecule has 0 unspecified atom stereocenters. The summed E-state index contributed by atoms with van der Waals surface area (Å²) in [5.74, 6) is 0.674. The third-order valence-corrected chi connectivity index (χ3v) is 5.11. The lowest BCUT2D eigenvalue weighted by molar-refractivity contribution is 0.698. The van der Waals surface area contributed by atoms with E-state index in [1.807, 2.05) is 0 Å². The van der Waals surface area contributed by atoms with E-state index in [4.69, 9.17) is 4.98 Å². The Hall–Kier alpha value is -1.62. The van der Waals surface area contributed by atoms with Gasteiger partial charge in [0.05, 0.1) is 5.39 Å². The third kappa shape index (κ3) is 2.50. The summed E-state index contributed by atoms with van der Waals surface area (Å²) >= 11 is 1.70. The molecule has 2 aromatic heterocycles. The Balaban J connectivity index is 2.21. The van der Waals surface area contributed by atoms with Gasteiger partial charge in [-0.15, -0.1) is 17.9 Å². The zero-order valence-electron chi connectivity index (χ0n) is 12.4. The second kappa shape index (κ2) is 6.02. The molecule has 21 heavy (non-hydrogen) atoms. The summed E-state index contributed by atoms with van der Waals surface area (Å²) in [6.45, 7) is 7.18. The van der Waals surface area contributed by atoms with E-state index in [0.29, 0.717) is 12.5 Å². The summed E-state index contributed by atoms with van der Waals surface area (Å²) in [6.07, 6.45) is 7.27. The lowest BCUT2D eigenvalue weighted by atomic mass is 9.97. The molecule has 0 saturated carbocycles. The fourth-order valence-electron chi connectivity index (χ4n) is 2.91. The van der Waals surface area contributed by atoms with Crippen LogP contribution in [-0.2, 0) is 19.4 Å². The fraction of sp³-hybridized carbons (Fsp3) is 0.500. The molecule has 2 aromatic rings. The normalized spacial score (nSPS) is 14.1. The Morgan fingerprint density at radius 1 is 1.43 bits per heavy atom. The number of thiophene rings is 1. The first-order chi connectivity index (χ1) is 10.3. The van der Waals surface area contributed by atoms with Crippen LogP contribution in [0, 0.1) is 0 Å². The van der Waals surface area contributed by atoms with Crippen LogP contribution in [0.5, 0.6) is 0 Å². The molecule has 1 N–H and O–H groups in total. The van der Waals surface area contributed by atoms with Gasteiger partial charge in [-0.3, -0.25) is 9.36 Å². The summed E-state index contributed by atoms with van der Waals surface area (Å²) in [7, 11) is 0. The molecule has 1 aliphatic rings. The number of allylic oxidation sites excluding steroid dienone is 1. The zero-order valence-corrected chi connectivity index (χ0v) is 13.3. The molecule has 0 spiro atoms. The van der Waals surface area contributed by atoms with Gasteiger partial charge in [-0.2, -0.15) is 0 Å². The minimum Gasteiger partial charge on any atom is -0.356 e. The van der Waals surface area contributed by atoms with Crippen molar-refractivity contribution in [3.8, 4) is 0 Å². The van der Waals surface area contributed by atoms with Gasteiger partial charge in [0.2, 0.25) is 5.95 Å². The van der Waals surface area contributed by atoms with Crippen molar-refractivity contribution in [1.29, 1.82) is 0 Å². The Morgan fingerprint density at radius 3 is 3.00 bits per heavy atom. The van der Waals surface area contributed by atoms with Crippen molar-refractivity contribution in [2.24, 2.45) is 0 Å². The Bertz CT molecular complexity index is 729. The first-order valence-electron chi connectivity index (χ1n) is 7.66. The number of anilines is 1. The second-order valence-corrected chi connectivity index (χ2v) is 6.54. The van der Waals surface area contributed by atoms with E-state index in [9.17, 15) is 4.79 Å². The van der Waals surface area contributed by atoms with Crippen LogP contribution in [0.25, 0.3) is 10.2 Å². The molecule has 0 aromatic carbocycles. The maximum atomic E-state index is 12.9. The first kappa shape index (κ1) is 14.3. The van der Waals surface area contributed by atoms with Gasteiger partial charge in [0.25, 0.3) is 5.56 Å². The highest BCUT2D eigenvalue weighted by Crippen LogP contribution is 2.34. The van der Waals surface area contributed by atoms with Gasteiger partial charge in [-0.25, -0.2) is 4.98 Å². The maximum absolute atomic E-state index is 12.9. The van der Waals surface area contributed by atoms with Crippen LogP contribution in [0.3, 0.4) is 0 Å². The predicted molar refractivity (Wildman–Crippen MR) is 89.5 cm³/mol. The van der Waals surface area contributed by atoms with Gasteiger partial charge >= 0.3 is 0 Å². The average Bonchev–Trinajstić information content (AvgIpc) is 2.86. The van der Waals surface area contributed by atoms with E-state index in [1.165, 1.54) is 23.3 Å². The van der Waals surface area contributed by atoms with Gasteiger partial charge in [-0.1, -0.05) is 13.0 Å². The summed E-state index contributed by atoms with van der Waals surface area (Å²) in [5, 5.41) is 4.12. The van der Waals surface area contributed by atoms with Crippen LogP contribution in [0.4, 0.5) is 5.95 Å². The summed E-state index contributed by atoms with van der Waals surface area (Å²) < 4.78 is 1.71. The number of aryl methyl sites for hydroxylation is 2. The largest absolute Gasteiger partial charge is 0.356 e. The summed E-state index contributed by atoms with van der Waals surface area (Å²) in [4.78, 5) is 19.9. The molecule has 0 bridgehead atoms. The van der Waals surface area contributed by atoms with Crippen LogP contribution >= 0.6 is 11.3 Å². The standard InChI is InChI=1S/C16H21N3OS/c1-3-9-17-16-18-14-13(15(20)19(16)10-4-2)11-7-5-6-8-12(11)21-14/h4H,2-3,5-10H2,1H3,(H,17,18). The number of hydrogen-bond donors (Lipinski definition) is 1. The van der Waals surface area contributed by atoms with Gasteiger partial charge in [0.1, 0.15) is 4.83 Å². The first-order valence-corrected chi connectivity index (χ1v) is 8.47. The highest BCUT2D eigenvalue weighted by molar-refractivity contribution is 7.18. The summed E-state index contributed by atoms with van der Waals surface area (Å²) in [6, 6.07) is 0. The highest BCUT2D eigenvalue weighted by Gasteiger charge is 2.21. The van der Waals surface area contributed by atoms with Crippen LogP contribution in [0.2, 0.25) is 0 Å². The predicted octanol–water partition coefficient (Wildman–Crippen LogP) is 3.34. The number of rotatable bonds is 5. The monoisotopic (exact) mass is 303 g/mol. The average molecular weight is 303 g/mol. The number of hydrogen-bond acceptors (Lipinski definition) is 4. The van der Waals surface area contributed by atoms with Crippen molar-refractivity contribution in [1.82, 2.24) is 9.55 Å². The number of fused-ring (bicyclic) bond motifs is 3. The molecular formula is C16H21N3OS. The third-order valence-electron chi connectivity index (χ3n) is 3.92. The lowest BCUT2D eigenvalue weighted by Gasteiger charge is -2.13. The van der Waals surface area contributed by atoms with Crippen molar-refractivity contribution in [3.05, 3.63) is 33.4 Å². The molecule has 0 saturated heterocycles. The van der Waals surface area contributed by atoms with Crippen LogP contribution in [-0.4, -0.2) is 16.1 Å². The van der Waals surface area contributed by atoms with Crippen molar-refractivity contribution in [3.63, 3.8) is 0 Å². The summed E-state index contributed by atoms with van der Waals surface area (Å²) in [5.41, 5.74) is 1.33. The van der Waals surface area contributed by atoms with E-state index < -0.39 is 0 Å². The van der Waals surface area contributed by atoms with Crippen molar-refractivity contribution in [2.45, 2.75) is 45.6 Å². The topological polar surface area (TPSA) is 46.9 Å². The molecule has 0 aliphatic heterocycles. The molecule has 0 atom stereocenters. The maximum Gasteiger partial charge on any atom is 0.264 e. The van der Waals surface area contributed by atoms with E-state index >= 15 is 0 Å². The molecule has 4 nitrogen and oxygen atoms in total. The smallest absolute Gasteiger partial charge is 0.264 e. The Labute approximate surface area is 128 Å². The van der Waals surface area contributed by atoms with Crippen LogP contribution in [0.15, 0.2) is 17.4 Å². The van der Waals surface area contributed by atoms with E-state index in [-0.39, 0.29) is 5.56 Å². The molecule has 1 aliphatic carbocycles. The van der Waals surface area contributed by atoms with Crippen LogP contribution in [0.1, 0.15) is 36.6 Å². The molecule has 2 heterocycles. The minimum atomic E-state index is 0.0814. The van der Waals surface area contributed by atoms with Crippen molar-refractivity contribution >= 4 is 27.5 Å². The molecule has 3 rings (SSSR count). The lowest BCUT2D eigenvalue weighted by Crippen LogP contribution is -2.25. The van der Waals surface area contributed by atoms with E-state index in [2.05, 4.69) is 18.8 Å². The van der Waals surface area contributed by atoms with Crippen molar-refractivity contribution < 1.29 is 0 Å². The number of aromatic nitrogens is 2. The van der Waals surface area contributed by atoms with Gasteiger partial charge in [0.15, 0.2) is 0 Å². The Kier molecular flexibility index (Phi) is 4.10. The Morgan fingerprint density at radius 2 is 2.24 bits per heavy atom. The molecule has 112 valence electrons. The number of nitrogens with one attached hydrogen (secondary N) is 1. The van der Waals surface area contributed by atoms with E-state index in [1.54, 1.807) is 22.0 Å². The SMILES string of the molecule is C=CCn1c(NCCC)nc2sc3c(c2c1=O)CCCC3. The second-order valence-electron chi connectivity index (χ2n) is 5.46. The van der Waals surface area contributed by atoms with Gasteiger partial charge < -0.3 is 5.32 Å². The molecule has 0 amide bonds. The van der Waals surface area contributed by atoms with Gasteiger partial charge in [-0.05, 0) is 37.7 Å². The van der Waals surface area contributed by atoms with Gasteiger partial charge in [0, 0.05) is 18.0 Å². The minimum absolute atomic E-state index is 0.0814. The van der Waals surface area contributed by atoms with Crippen LogP contribution < -0.4 is 10.9 Å². The molecule has 0 fully saturated rings. The highest BCUT2D eigenvalue weighted by atomic mass is 32.1. The number of nitrogens with zero attached hydrogens (tertiary/aromatic N) is 2. The quantitative estimate of drug-likeness (QED) is 0.862. The fourth-order valence-corrected chi connectivity index (χ4v) is 4.16. The van der Waals surface area contributed by atoms with Crippen molar-refractivity contribution in [2.75, 3.05) is 11.9 Å².